The second-order valence-corrected chi connectivity index (χ2v) is 6.34. The summed E-state index contributed by atoms with van der Waals surface area (Å²) in [5.74, 6) is 4.97. The monoisotopic (exact) mass is 477 g/mol. The summed E-state index contributed by atoms with van der Waals surface area (Å²) in [5, 5.41) is 7.83. The van der Waals surface area contributed by atoms with Crippen LogP contribution in [0.5, 0.6) is 0 Å². The molecule has 1 aromatic heterocycles. The minimum absolute atomic E-state index is 0.288. The summed E-state index contributed by atoms with van der Waals surface area (Å²) in [6.45, 7) is 2.78. The zero-order valence-corrected chi connectivity index (χ0v) is 15.5. The van der Waals surface area contributed by atoms with Crippen LogP contribution < -0.4 is 5.84 Å². The van der Waals surface area contributed by atoms with Crippen molar-refractivity contribution in [3.63, 3.8) is 0 Å². The van der Waals surface area contributed by atoms with E-state index in [-0.39, 0.29) is 5.82 Å². The normalized spacial score (nSPS) is 12.3. The van der Waals surface area contributed by atoms with Crippen molar-refractivity contribution in [2.24, 2.45) is 15.9 Å². The Morgan fingerprint density at radius 2 is 2.32 bits per heavy atom. The Bertz CT molecular complexity index is 726. The Balaban J connectivity index is 2.33. The first-order valence-corrected chi connectivity index (χ1v) is 8.38. The minimum Gasteiger partial charge on any atom is -0.323 e. The van der Waals surface area contributed by atoms with E-state index in [9.17, 15) is 4.39 Å². The van der Waals surface area contributed by atoms with Crippen molar-refractivity contribution < 1.29 is 4.39 Å². The Hall–Kier alpha value is -1.29. The van der Waals surface area contributed by atoms with Crippen LogP contribution >= 0.6 is 38.5 Å². The molecular weight excluding hydrogens is 464 g/mol. The fourth-order valence-corrected chi connectivity index (χ4v) is 3.05. The lowest BCUT2D eigenvalue weighted by Gasteiger charge is -2.04. The Labute approximate surface area is 149 Å². The molecule has 0 aliphatic heterocycles. The first-order valence-electron chi connectivity index (χ1n) is 6.51. The van der Waals surface area contributed by atoms with E-state index in [0.717, 1.165) is 20.3 Å². The van der Waals surface area contributed by atoms with Crippen molar-refractivity contribution in [3.05, 3.63) is 43.9 Å². The van der Waals surface area contributed by atoms with Gasteiger partial charge in [0.25, 0.3) is 0 Å². The van der Waals surface area contributed by atoms with E-state index >= 15 is 0 Å². The van der Waals surface area contributed by atoms with Crippen LogP contribution in [0.15, 0.2) is 39.1 Å². The van der Waals surface area contributed by atoms with E-state index < -0.39 is 0 Å². The molecular formula is C14H14BrFIN5. The van der Waals surface area contributed by atoms with Crippen molar-refractivity contribution in [2.45, 2.75) is 19.9 Å². The van der Waals surface area contributed by atoms with Gasteiger partial charge >= 0.3 is 0 Å². The summed E-state index contributed by atoms with van der Waals surface area (Å²) in [7, 11) is 0. The molecule has 5 nitrogen and oxygen atoms in total. The third-order valence-corrected chi connectivity index (χ3v) is 4.70. The maximum atomic E-state index is 13.2. The number of aryl methyl sites for hydroxylation is 1. The lowest BCUT2D eigenvalue weighted by Crippen LogP contribution is -2.07. The Morgan fingerprint density at radius 1 is 1.55 bits per heavy atom. The largest absolute Gasteiger partial charge is 0.323 e. The molecule has 0 aliphatic carbocycles. The quantitative estimate of drug-likeness (QED) is 0.309. The molecule has 0 spiro atoms. The standard InChI is InChI=1S/C14H14BrFIN5/c1-2-22-14(15)9(7-20-22)5-11(8-19-18)21-13-4-3-10(16)6-12(13)17/h3-4,6-8H,2,5,18H2,1H3. The SMILES string of the molecule is CCn1ncc(CC(C=NN)=Nc2ccc(F)cc2I)c1Br. The van der Waals surface area contributed by atoms with E-state index in [1.54, 1.807) is 12.3 Å². The van der Waals surface area contributed by atoms with E-state index in [2.05, 4.69) is 31.1 Å². The van der Waals surface area contributed by atoms with Gasteiger partial charge in [-0.3, -0.25) is 9.67 Å². The number of rotatable bonds is 5. The van der Waals surface area contributed by atoms with Gasteiger partial charge in [0.2, 0.25) is 0 Å². The topological polar surface area (TPSA) is 68.6 Å². The predicted molar refractivity (Wildman–Crippen MR) is 98.2 cm³/mol. The van der Waals surface area contributed by atoms with Gasteiger partial charge in [0, 0.05) is 22.1 Å². The predicted octanol–water partition coefficient (Wildman–Crippen LogP) is 3.67. The van der Waals surface area contributed by atoms with Crippen molar-refractivity contribution in [2.75, 3.05) is 0 Å². The number of halogens is 3. The van der Waals surface area contributed by atoms with Crippen molar-refractivity contribution >= 4 is 56.1 Å². The summed E-state index contributed by atoms with van der Waals surface area (Å²) in [6, 6.07) is 4.44. The number of aliphatic imine (C=N–C) groups is 1. The summed E-state index contributed by atoms with van der Waals surface area (Å²) < 4.78 is 16.6. The highest BCUT2D eigenvalue weighted by Crippen LogP contribution is 2.23. The van der Waals surface area contributed by atoms with E-state index in [1.807, 2.05) is 34.2 Å². The average molecular weight is 478 g/mol. The van der Waals surface area contributed by atoms with Gasteiger partial charge in [-0.15, -0.1) is 0 Å². The number of hydrazone groups is 1. The molecule has 2 aromatic rings. The molecule has 22 heavy (non-hydrogen) atoms. The molecule has 0 bridgehead atoms. The van der Waals surface area contributed by atoms with Crippen LogP contribution in [0.25, 0.3) is 0 Å². The molecule has 0 saturated heterocycles. The maximum absolute atomic E-state index is 13.2. The third-order valence-electron chi connectivity index (χ3n) is 2.91. The molecule has 0 fully saturated rings. The fraction of sp³-hybridized carbons (Fsp3) is 0.214. The zero-order valence-electron chi connectivity index (χ0n) is 11.8. The zero-order chi connectivity index (χ0) is 16.1. The van der Waals surface area contributed by atoms with Gasteiger partial charge in [-0.1, -0.05) is 0 Å². The van der Waals surface area contributed by atoms with Crippen LogP contribution in [0.3, 0.4) is 0 Å². The molecule has 0 amide bonds. The highest BCUT2D eigenvalue weighted by Gasteiger charge is 2.10. The average Bonchev–Trinajstić information content (AvgIpc) is 2.83. The molecule has 0 radical (unpaired) electrons. The van der Waals surface area contributed by atoms with Gasteiger partial charge in [-0.25, -0.2) is 4.39 Å². The van der Waals surface area contributed by atoms with Crippen molar-refractivity contribution in [1.29, 1.82) is 0 Å². The second kappa shape index (κ2) is 7.82. The minimum atomic E-state index is -0.288. The van der Waals surface area contributed by atoms with E-state index in [1.165, 1.54) is 18.3 Å². The third kappa shape index (κ3) is 4.13. The Morgan fingerprint density at radius 3 is 2.91 bits per heavy atom. The smallest absolute Gasteiger partial charge is 0.124 e. The van der Waals surface area contributed by atoms with Crippen LogP contribution in [-0.2, 0) is 13.0 Å². The fourth-order valence-electron chi connectivity index (χ4n) is 1.87. The van der Waals surface area contributed by atoms with Crippen molar-refractivity contribution in [1.82, 2.24) is 9.78 Å². The van der Waals surface area contributed by atoms with E-state index in [0.29, 0.717) is 17.8 Å². The highest BCUT2D eigenvalue weighted by atomic mass is 127. The molecule has 0 aliphatic rings. The first-order chi connectivity index (χ1) is 10.5. The summed E-state index contributed by atoms with van der Waals surface area (Å²) in [6.07, 6.45) is 3.80. The molecule has 116 valence electrons. The van der Waals surface area contributed by atoms with Crippen LogP contribution in [0.2, 0.25) is 0 Å². The van der Waals surface area contributed by atoms with Crippen LogP contribution in [0, 0.1) is 9.39 Å². The van der Waals surface area contributed by atoms with Crippen LogP contribution in [0.1, 0.15) is 12.5 Å². The van der Waals surface area contributed by atoms with Gasteiger partial charge in [0.05, 0.1) is 23.8 Å². The van der Waals surface area contributed by atoms with Crippen LogP contribution in [-0.4, -0.2) is 21.7 Å². The number of nitrogens with two attached hydrogens (primary N) is 1. The number of benzene rings is 1. The number of hydrogen-bond donors (Lipinski definition) is 1. The van der Waals surface area contributed by atoms with Crippen molar-refractivity contribution in [3.8, 4) is 0 Å². The van der Waals surface area contributed by atoms with Gasteiger partial charge in [0.15, 0.2) is 0 Å². The van der Waals surface area contributed by atoms with E-state index in [4.69, 9.17) is 5.84 Å². The molecule has 1 aromatic carbocycles. The maximum Gasteiger partial charge on any atom is 0.124 e. The van der Waals surface area contributed by atoms with Gasteiger partial charge in [-0.05, 0) is 63.6 Å². The van der Waals surface area contributed by atoms with Gasteiger partial charge in [-0.2, -0.15) is 10.2 Å². The van der Waals surface area contributed by atoms with Gasteiger partial charge < -0.3 is 5.84 Å². The van der Waals surface area contributed by atoms with Crippen LogP contribution in [0.4, 0.5) is 10.1 Å². The molecule has 2 rings (SSSR count). The molecule has 0 atom stereocenters. The number of nitrogens with zero attached hydrogens (tertiary/aromatic N) is 4. The lowest BCUT2D eigenvalue weighted by atomic mass is 10.2. The summed E-state index contributed by atoms with van der Waals surface area (Å²) in [4.78, 5) is 4.52. The molecule has 1 heterocycles. The second-order valence-electron chi connectivity index (χ2n) is 4.43. The summed E-state index contributed by atoms with van der Waals surface area (Å²) in [5.41, 5.74) is 2.33. The first kappa shape index (κ1) is 17.1. The van der Waals surface area contributed by atoms with Gasteiger partial charge in [0.1, 0.15) is 10.4 Å². The number of hydrogen-bond acceptors (Lipinski definition) is 4. The molecule has 0 saturated carbocycles. The Kier molecular flexibility index (Phi) is 6.07. The molecule has 0 unspecified atom stereocenters. The molecule has 8 heteroatoms. The molecule has 2 N–H and O–H groups in total. The number of aromatic nitrogens is 2. The summed E-state index contributed by atoms with van der Waals surface area (Å²) >= 11 is 5.57. The highest BCUT2D eigenvalue weighted by molar-refractivity contribution is 14.1. The lowest BCUT2D eigenvalue weighted by molar-refractivity contribution is 0.627.